The summed E-state index contributed by atoms with van der Waals surface area (Å²) in [4.78, 5) is 22.8. The molecule has 0 aromatic heterocycles. The quantitative estimate of drug-likeness (QED) is 0.847. The number of carboxylic acid groups (broad SMARTS) is 1. The van der Waals surface area contributed by atoms with Crippen LogP contribution in [0, 0.1) is 11.6 Å². The first-order valence-electron chi connectivity index (χ1n) is 5.54. The molecule has 7 heteroatoms. The maximum absolute atomic E-state index is 12.9. The maximum atomic E-state index is 12.9. The third-order valence-electron chi connectivity index (χ3n) is 2.33. The van der Waals surface area contributed by atoms with Crippen LogP contribution < -0.4 is 5.32 Å². The van der Waals surface area contributed by atoms with Gasteiger partial charge in [0.15, 0.2) is 0 Å². The summed E-state index contributed by atoms with van der Waals surface area (Å²) in [6.07, 6.45) is 0.251. The summed E-state index contributed by atoms with van der Waals surface area (Å²) in [6.45, 7) is -0.258. The van der Waals surface area contributed by atoms with E-state index in [0.29, 0.717) is 5.56 Å². The molecule has 0 aliphatic carbocycles. The monoisotopic (exact) mass is 272 g/mol. The summed E-state index contributed by atoms with van der Waals surface area (Å²) in [5.41, 5.74) is 0.415. The number of hydrogen-bond donors (Lipinski definition) is 2. The van der Waals surface area contributed by atoms with E-state index in [0.717, 1.165) is 11.0 Å². The van der Waals surface area contributed by atoms with Gasteiger partial charge in [-0.15, -0.1) is 0 Å². The van der Waals surface area contributed by atoms with Gasteiger partial charge in [0.05, 0.1) is 0 Å². The zero-order valence-electron chi connectivity index (χ0n) is 10.3. The van der Waals surface area contributed by atoms with E-state index >= 15 is 0 Å². The van der Waals surface area contributed by atoms with E-state index in [1.165, 1.54) is 19.2 Å². The van der Waals surface area contributed by atoms with E-state index < -0.39 is 30.2 Å². The van der Waals surface area contributed by atoms with Crippen LogP contribution in [-0.4, -0.2) is 42.1 Å². The molecule has 0 radical (unpaired) electrons. The van der Waals surface area contributed by atoms with Gasteiger partial charge in [0.1, 0.15) is 18.2 Å². The van der Waals surface area contributed by atoms with Gasteiger partial charge in [-0.2, -0.15) is 0 Å². The zero-order valence-corrected chi connectivity index (χ0v) is 10.3. The first kappa shape index (κ1) is 14.9. The van der Waals surface area contributed by atoms with Crippen LogP contribution in [0.25, 0.3) is 0 Å². The molecule has 5 nitrogen and oxygen atoms in total. The average Bonchev–Trinajstić information content (AvgIpc) is 2.26. The van der Waals surface area contributed by atoms with Gasteiger partial charge in [-0.3, -0.25) is 4.79 Å². The first-order valence-corrected chi connectivity index (χ1v) is 5.54. The van der Waals surface area contributed by atoms with E-state index in [4.69, 9.17) is 5.11 Å². The minimum absolute atomic E-state index is 0.158. The summed E-state index contributed by atoms with van der Waals surface area (Å²) in [7, 11) is 1.34. The zero-order chi connectivity index (χ0) is 14.4. The molecule has 0 heterocycles. The average molecular weight is 272 g/mol. The normalized spacial score (nSPS) is 10.1. The van der Waals surface area contributed by atoms with Gasteiger partial charge >= 0.3 is 12.0 Å². The molecule has 0 aliphatic heterocycles. The number of carbonyl (C=O) groups excluding carboxylic acids is 1. The van der Waals surface area contributed by atoms with E-state index in [9.17, 15) is 18.4 Å². The maximum Gasteiger partial charge on any atom is 0.323 e. The van der Waals surface area contributed by atoms with Crippen molar-refractivity contribution in [2.24, 2.45) is 0 Å². The number of rotatable bonds is 5. The number of carbonyl (C=O) groups is 2. The van der Waals surface area contributed by atoms with Crippen molar-refractivity contribution in [2.75, 3.05) is 20.1 Å². The molecule has 0 atom stereocenters. The summed E-state index contributed by atoms with van der Waals surface area (Å²) in [5, 5.41) is 10.9. The standard InChI is InChI=1S/C12H14F2N2O3/c1-16(7-11(17)18)12(19)15-3-2-8-4-9(13)6-10(14)5-8/h4-6H,2-3,7H2,1H3,(H,15,19)(H,17,18). The molecule has 0 unspecified atom stereocenters. The van der Waals surface area contributed by atoms with E-state index in [2.05, 4.69) is 5.32 Å². The Kier molecular flexibility index (Phi) is 5.23. The first-order chi connectivity index (χ1) is 8.88. The van der Waals surface area contributed by atoms with Crippen LogP contribution in [0.1, 0.15) is 5.56 Å². The number of likely N-dealkylation sites (N-methyl/N-ethyl adjacent to an activating group) is 1. The summed E-state index contributed by atoms with van der Waals surface area (Å²) in [5.74, 6) is -2.47. The highest BCUT2D eigenvalue weighted by molar-refractivity contribution is 5.79. The Morgan fingerprint density at radius 3 is 2.37 bits per heavy atom. The Balaban J connectivity index is 2.41. The molecule has 0 saturated heterocycles. The number of amides is 2. The van der Waals surface area contributed by atoms with Crippen molar-refractivity contribution in [2.45, 2.75) is 6.42 Å². The van der Waals surface area contributed by atoms with E-state index in [1.807, 2.05) is 0 Å². The minimum atomic E-state index is -1.12. The number of urea groups is 1. The lowest BCUT2D eigenvalue weighted by atomic mass is 10.1. The number of aliphatic carboxylic acids is 1. The van der Waals surface area contributed by atoms with Crippen molar-refractivity contribution in [3.63, 3.8) is 0 Å². The van der Waals surface area contributed by atoms with Crippen LogP contribution in [0.2, 0.25) is 0 Å². The van der Waals surface area contributed by atoms with Crippen LogP contribution in [0.15, 0.2) is 18.2 Å². The molecule has 1 rings (SSSR count). The predicted molar refractivity (Wildman–Crippen MR) is 63.7 cm³/mol. The molecular formula is C12H14F2N2O3. The van der Waals surface area contributed by atoms with Gasteiger partial charge in [-0.05, 0) is 24.1 Å². The fourth-order valence-electron chi connectivity index (χ4n) is 1.48. The lowest BCUT2D eigenvalue weighted by Gasteiger charge is -2.15. The molecule has 2 N–H and O–H groups in total. The topological polar surface area (TPSA) is 69.6 Å². The summed E-state index contributed by atoms with van der Waals surface area (Å²) in [6, 6.07) is 2.56. The number of hydrogen-bond acceptors (Lipinski definition) is 2. The number of halogens is 2. The fraction of sp³-hybridized carbons (Fsp3) is 0.333. The second-order valence-electron chi connectivity index (χ2n) is 4.01. The minimum Gasteiger partial charge on any atom is -0.480 e. The lowest BCUT2D eigenvalue weighted by Crippen LogP contribution is -2.40. The molecule has 0 spiro atoms. The van der Waals surface area contributed by atoms with E-state index in [-0.39, 0.29) is 13.0 Å². The Morgan fingerprint density at radius 2 is 1.84 bits per heavy atom. The van der Waals surface area contributed by atoms with Crippen LogP contribution >= 0.6 is 0 Å². The van der Waals surface area contributed by atoms with Crippen molar-refractivity contribution < 1.29 is 23.5 Å². The van der Waals surface area contributed by atoms with Gasteiger partial charge in [-0.1, -0.05) is 0 Å². The predicted octanol–water partition coefficient (Wildman–Crippen LogP) is 1.23. The SMILES string of the molecule is CN(CC(=O)O)C(=O)NCCc1cc(F)cc(F)c1. The molecular weight excluding hydrogens is 258 g/mol. The molecule has 0 saturated carbocycles. The number of carboxylic acids is 1. The van der Waals surface area contributed by atoms with Gasteiger partial charge in [0, 0.05) is 19.7 Å². The highest BCUT2D eigenvalue weighted by Gasteiger charge is 2.11. The second kappa shape index (κ2) is 6.67. The Labute approximate surface area is 108 Å². The molecule has 19 heavy (non-hydrogen) atoms. The molecule has 0 bridgehead atoms. The Morgan fingerprint density at radius 1 is 1.26 bits per heavy atom. The fourth-order valence-corrected chi connectivity index (χ4v) is 1.48. The van der Waals surface area contributed by atoms with Gasteiger partial charge in [0.25, 0.3) is 0 Å². The van der Waals surface area contributed by atoms with Crippen molar-refractivity contribution in [1.29, 1.82) is 0 Å². The molecule has 1 aromatic rings. The van der Waals surface area contributed by atoms with Crippen LogP contribution in [-0.2, 0) is 11.2 Å². The summed E-state index contributed by atoms with van der Waals surface area (Å²) >= 11 is 0. The number of benzene rings is 1. The number of nitrogens with zero attached hydrogens (tertiary/aromatic N) is 1. The molecule has 0 aliphatic rings. The molecule has 0 fully saturated rings. The van der Waals surface area contributed by atoms with Crippen molar-refractivity contribution in [3.05, 3.63) is 35.4 Å². The van der Waals surface area contributed by atoms with Gasteiger partial charge in [-0.25, -0.2) is 13.6 Å². The largest absolute Gasteiger partial charge is 0.480 e. The highest BCUT2D eigenvalue weighted by Crippen LogP contribution is 2.08. The van der Waals surface area contributed by atoms with E-state index in [1.54, 1.807) is 0 Å². The van der Waals surface area contributed by atoms with Gasteiger partial charge in [0.2, 0.25) is 0 Å². The van der Waals surface area contributed by atoms with Gasteiger partial charge < -0.3 is 15.3 Å². The lowest BCUT2D eigenvalue weighted by molar-refractivity contribution is -0.137. The molecule has 2 amide bonds. The highest BCUT2D eigenvalue weighted by atomic mass is 19.1. The third kappa shape index (κ3) is 5.33. The van der Waals surface area contributed by atoms with Crippen molar-refractivity contribution >= 4 is 12.0 Å². The molecule has 104 valence electrons. The smallest absolute Gasteiger partial charge is 0.323 e. The van der Waals surface area contributed by atoms with Crippen molar-refractivity contribution in [1.82, 2.24) is 10.2 Å². The Bertz CT molecular complexity index is 460. The third-order valence-corrected chi connectivity index (χ3v) is 2.33. The summed E-state index contributed by atoms with van der Waals surface area (Å²) < 4.78 is 25.8. The van der Waals surface area contributed by atoms with Crippen LogP contribution in [0.4, 0.5) is 13.6 Å². The second-order valence-corrected chi connectivity index (χ2v) is 4.01. The Hall–Kier alpha value is -2.18. The molecule has 1 aromatic carbocycles. The van der Waals surface area contributed by atoms with Crippen molar-refractivity contribution in [3.8, 4) is 0 Å². The number of nitrogens with one attached hydrogen (secondary N) is 1. The van der Waals surface area contributed by atoms with Crippen LogP contribution in [0.3, 0.4) is 0 Å². The van der Waals surface area contributed by atoms with Crippen LogP contribution in [0.5, 0.6) is 0 Å².